The molecule has 0 saturated carbocycles. The van der Waals surface area contributed by atoms with Gasteiger partial charge in [0.1, 0.15) is 0 Å². The van der Waals surface area contributed by atoms with Crippen molar-refractivity contribution in [3.8, 4) is 0 Å². The third kappa shape index (κ3) is 3.81. The molecule has 4 heterocycles. The minimum atomic E-state index is 0.635. The Kier molecular flexibility index (Phi) is 5.42. The molecule has 0 amide bonds. The highest BCUT2D eigenvalue weighted by Gasteiger charge is 2.38. The maximum Gasteiger partial charge on any atom is 0.0737 e. The molecule has 2 atom stereocenters. The summed E-state index contributed by atoms with van der Waals surface area (Å²) < 4.78 is 0. The molecule has 4 nitrogen and oxygen atoms in total. The fraction of sp³-hybridized carbons (Fsp3) is 0.217. The molecular weight excluding hydrogens is 439 g/mol. The Balaban J connectivity index is 0.000000140. The van der Waals surface area contributed by atoms with E-state index in [9.17, 15) is 0 Å². The molecule has 2 saturated heterocycles. The first-order valence-corrected chi connectivity index (χ1v) is 11.0. The van der Waals surface area contributed by atoms with Gasteiger partial charge < -0.3 is 10.2 Å². The lowest BCUT2D eigenvalue weighted by atomic mass is 10.1. The normalized spacial score (nSPS) is 19.9. The molecule has 152 valence electrons. The number of piperazine rings is 1. The molecule has 2 aromatic carbocycles. The lowest BCUT2D eigenvalue weighted by molar-refractivity contribution is 0.581. The highest BCUT2D eigenvalue weighted by atomic mass is 35.5. The highest BCUT2D eigenvalue weighted by Crippen LogP contribution is 2.34. The number of anilines is 1. The van der Waals surface area contributed by atoms with Crippen molar-refractivity contribution in [2.75, 3.05) is 18.0 Å². The molecule has 1 N–H and O–H groups in total. The Hall–Kier alpha value is -2.11. The molecule has 30 heavy (non-hydrogen) atoms. The molecule has 4 aromatic rings. The van der Waals surface area contributed by atoms with Gasteiger partial charge in [0.05, 0.1) is 16.1 Å². The second kappa shape index (κ2) is 8.20. The molecule has 2 fully saturated rings. The van der Waals surface area contributed by atoms with E-state index in [0.717, 1.165) is 34.5 Å². The highest BCUT2D eigenvalue weighted by molar-refractivity contribution is 6.36. The fourth-order valence-electron chi connectivity index (χ4n) is 4.30. The number of aromatic nitrogens is 2. The summed E-state index contributed by atoms with van der Waals surface area (Å²) in [5, 5.41) is 7.80. The molecular formula is C23H19Cl3N4. The zero-order valence-electron chi connectivity index (χ0n) is 16.0. The molecule has 0 aliphatic carbocycles. The maximum absolute atomic E-state index is 6.03. The summed E-state index contributed by atoms with van der Waals surface area (Å²) in [5.41, 5.74) is 3.11. The largest absolute Gasteiger partial charge is 0.365 e. The summed E-state index contributed by atoms with van der Waals surface area (Å²) in [4.78, 5) is 11.1. The van der Waals surface area contributed by atoms with Gasteiger partial charge >= 0.3 is 0 Å². The average Bonchev–Trinajstić information content (AvgIpc) is 3.37. The molecule has 6 rings (SSSR count). The summed E-state index contributed by atoms with van der Waals surface area (Å²) in [6, 6.07) is 16.6. The van der Waals surface area contributed by atoms with Crippen LogP contribution in [-0.4, -0.2) is 35.1 Å². The van der Waals surface area contributed by atoms with Gasteiger partial charge in [-0.15, -0.1) is 0 Å². The van der Waals surface area contributed by atoms with Crippen molar-refractivity contribution >= 4 is 62.3 Å². The summed E-state index contributed by atoms with van der Waals surface area (Å²) in [6.07, 6.45) is 4.81. The molecule has 7 heteroatoms. The third-order valence-electron chi connectivity index (χ3n) is 5.70. The van der Waals surface area contributed by atoms with Crippen LogP contribution in [0.15, 0.2) is 60.9 Å². The van der Waals surface area contributed by atoms with Crippen LogP contribution in [0, 0.1) is 0 Å². The first-order chi connectivity index (χ1) is 14.6. The van der Waals surface area contributed by atoms with Gasteiger partial charge in [-0.3, -0.25) is 9.97 Å². The van der Waals surface area contributed by atoms with Gasteiger partial charge in [0.15, 0.2) is 0 Å². The lowest BCUT2D eigenvalue weighted by Gasteiger charge is -2.30. The number of pyridine rings is 2. The number of nitrogens with one attached hydrogen (secondary N) is 1. The number of benzene rings is 2. The van der Waals surface area contributed by atoms with E-state index in [1.54, 1.807) is 24.4 Å². The topological polar surface area (TPSA) is 41.1 Å². The van der Waals surface area contributed by atoms with E-state index in [2.05, 4.69) is 32.3 Å². The molecule has 2 aromatic heterocycles. The molecule has 0 radical (unpaired) electrons. The van der Waals surface area contributed by atoms with Gasteiger partial charge in [0, 0.05) is 64.1 Å². The Labute approximate surface area is 189 Å². The lowest BCUT2D eigenvalue weighted by Crippen LogP contribution is -2.43. The van der Waals surface area contributed by atoms with E-state index >= 15 is 0 Å². The van der Waals surface area contributed by atoms with Crippen LogP contribution in [-0.2, 0) is 0 Å². The smallest absolute Gasteiger partial charge is 0.0737 e. The van der Waals surface area contributed by atoms with E-state index in [-0.39, 0.29) is 0 Å². The summed E-state index contributed by atoms with van der Waals surface area (Å²) in [5.74, 6) is 0. The monoisotopic (exact) mass is 456 g/mol. The summed E-state index contributed by atoms with van der Waals surface area (Å²) in [6.45, 7) is 2.20. The van der Waals surface area contributed by atoms with E-state index in [1.807, 2.05) is 24.4 Å². The predicted molar refractivity (Wildman–Crippen MR) is 126 cm³/mol. The van der Waals surface area contributed by atoms with Crippen LogP contribution < -0.4 is 10.2 Å². The Morgan fingerprint density at radius 2 is 1.50 bits per heavy atom. The Morgan fingerprint density at radius 3 is 2.17 bits per heavy atom. The molecule has 2 aliphatic heterocycles. The van der Waals surface area contributed by atoms with Gasteiger partial charge in [-0.05, 0) is 55.0 Å². The summed E-state index contributed by atoms with van der Waals surface area (Å²) >= 11 is 17.7. The number of nitrogens with zero attached hydrogens (tertiary/aromatic N) is 3. The zero-order chi connectivity index (χ0) is 20.7. The van der Waals surface area contributed by atoms with E-state index in [0.29, 0.717) is 22.1 Å². The van der Waals surface area contributed by atoms with Crippen molar-refractivity contribution in [1.82, 2.24) is 15.3 Å². The molecule has 0 spiro atoms. The quantitative estimate of drug-likeness (QED) is 0.382. The first kappa shape index (κ1) is 19.8. The van der Waals surface area contributed by atoms with Crippen LogP contribution in [0.1, 0.15) is 6.42 Å². The minimum absolute atomic E-state index is 0.635. The van der Waals surface area contributed by atoms with Crippen molar-refractivity contribution in [2.24, 2.45) is 0 Å². The summed E-state index contributed by atoms with van der Waals surface area (Å²) in [7, 11) is 0. The maximum atomic E-state index is 6.03. The number of hydrogen-bond acceptors (Lipinski definition) is 4. The van der Waals surface area contributed by atoms with Crippen LogP contribution in [0.5, 0.6) is 0 Å². The van der Waals surface area contributed by atoms with Crippen molar-refractivity contribution < 1.29 is 0 Å². The third-order valence-corrected chi connectivity index (χ3v) is 6.50. The zero-order valence-corrected chi connectivity index (χ0v) is 18.3. The number of fused-ring (bicyclic) bond motifs is 4. The van der Waals surface area contributed by atoms with Gasteiger partial charge in [-0.1, -0.05) is 34.8 Å². The Bertz CT molecular complexity index is 1230. The predicted octanol–water partition coefficient (Wildman–Crippen LogP) is 5.98. The van der Waals surface area contributed by atoms with Crippen LogP contribution >= 0.6 is 34.8 Å². The van der Waals surface area contributed by atoms with E-state index in [1.165, 1.54) is 17.5 Å². The van der Waals surface area contributed by atoms with Crippen molar-refractivity contribution in [2.45, 2.75) is 18.5 Å². The van der Waals surface area contributed by atoms with Crippen LogP contribution in [0.25, 0.3) is 21.8 Å². The SMILES string of the molecule is Clc1ccc2c(Cl)ccnc2c1.Clc1ccc2c(N3CC4CC3CN4)ccnc2c1. The first-order valence-electron chi connectivity index (χ1n) is 9.82. The van der Waals surface area contributed by atoms with Crippen molar-refractivity contribution in [3.63, 3.8) is 0 Å². The van der Waals surface area contributed by atoms with Crippen molar-refractivity contribution in [3.05, 3.63) is 76.0 Å². The van der Waals surface area contributed by atoms with E-state index < -0.39 is 0 Å². The number of halogens is 3. The standard InChI is InChI=1S/C14H14ClN3.C9H5Cl2N/c15-9-1-2-12-13(5-9)16-4-3-14(12)18-8-10-6-11(18)7-17-10;10-6-1-2-7-8(11)3-4-12-9(7)5-6/h1-5,10-11,17H,6-8H2;1-5H. The van der Waals surface area contributed by atoms with Gasteiger partial charge in [-0.2, -0.15) is 0 Å². The second-order valence-corrected chi connectivity index (χ2v) is 8.87. The van der Waals surface area contributed by atoms with Gasteiger partial charge in [0.25, 0.3) is 0 Å². The molecule has 2 bridgehead atoms. The molecule has 2 aliphatic rings. The van der Waals surface area contributed by atoms with Gasteiger partial charge in [-0.25, -0.2) is 0 Å². The fourth-order valence-corrected chi connectivity index (χ4v) is 4.85. The van der Waals surface area contributed by atoms with Crippen LogP contribution in [0.3, 0.4) is 0 Å². The number of rotatable bonds is 1. The van der Waals surface area contributed by atoms with Crippen LogP contribution in [0.4, 0.5) is 5.69 Å². The van der Waals surface area contributed by atoms with E-state index in [4.69, 9.17) is 34.8 Å². The van der Waals surface area contributed by atoms with Crippen LogP contribution in [0.2, 0.25) is 15.1 Å². The molecule has 2 unspecified atom stereocenters. The van der Waals surface area contributed by atoms with Crippen molar-refractivity contribution in [1.29, 1.82) is 0 Å². The average molecular weight is 458 g/mol. The second-order valence-electron chi connectivity index (χ2n) is 7.59. The van der Waals surface area contributed by atoms with Gasteiger partial charge in [0.2, 0.25) is 0 Å². The number of hydrogen-bond donors (Lipinski definition) is 1. The Morgan fingerprint density at radius 1 is 0.833 bits per heavy atom. The minimum Gasteiger partial charge on any atom is -0.365 e.